The molecular weight excluding hydrogens is 357 g/mol. The van der Waals surface area contributed by atoms with Gasteiger partial charge < -0.3 is 9.80 Å². The maximum absolute atomic E-state index is 13.1. The summed E-state index contributed by atoms with van der Waals surface area (Å²) >= 11 is 0. The third kappa shape index (κ3) is 4.87. The van der Waals surface area contributed by atoms with Gasteiger partial charge in [-0.3, -0.25) is 9.59 Å². The van der Waals surface area contributed by atoms with Crippen LogP contribution in [0, 0.1) is 5.92 Å². The van der Waals surface area contributed by atoms with Crippen LogP contribution in [0.3, 0.4) is 0 Å². The Labute approximate surface area is 155 Å². The van der Waals surface area contributed by atoms with Crippen LogP contribution in [-0.4, -0.2) is 36.0 Å². The average molecular weight is 376 g/mol. The minimum Gasteiger partial charge on any atom is -0.333 e. The number of hydrogen-bond acceptors (Lipinski definition) is 2. The first-order valence-electron chi connectivity index (χ1n) is 8.58. The van der Waals surface area contributed by atoms with Gasteiger partial charge in [-0.25, -0.2) is 0 Å². The zero-order chi connectivity index (χ0) is 19.4. The number of benzene rings is 2. The van der Waals surface area contributed by atoms with Gasteiger partial charge in [0.05, 0.1) is 12.5 Å². The van der Waals surface area contributed by atoms with Crippen LogP contribution in [0.1, 0.15) is 12.0 Å². The predicted octanol–water partition coefficient (Wildman–Crippen LogP) is 3.63. The van der Waals surface area contributed by atoms with Crippen molar-refractivity contribution in [3.63, 3.8) is 0 Å². The minimum absolute atomic E-state index is 0.201. The molecule has 0 saturated carbocycles. The lowest BCUT2D eigenvalue weighted by Crippen LogP contribution is -2.39. The minimum atomic E-state index is -4.48. The van der Waals surface area contributed by atoms with Crippen molar-refractivity contribution in [2.75, 3.05) is 18.0 Å². The molecule has 0 unspecified atom stereocenters. The highest BCUT2D eigenvalue weighted by Crippen LogP contribution is 2.27. The Bertz CT molecular complexity index is 794. The van der Waals surface area contributed by atoms with Crippen LogP contribution in [0.25, 0.3) is 0 Å². The molecule has 1 heterocycles. The second-order valence-corrected chi connectivity index (χ2v) is 6.54. The predicted molar refractivity (Wildman–Crippen MR) is 94.8 cm³/mol. The molecule has 2 aromatic rings. The quantitative estimate of drug-likeness (QED) is 0.800. The molecule has 1 fully saturated rings. The summed E-state index contributed by atoms with van der Waals surface area (Å²) < 4.78 is 37.9. The molecular formula is C20H19F3N2O2. The monoisotopic (exact) mass is 376 g/mol. The smallest absolute Gasteiger partial charge is 0.333 e. The number of hydrogen-bond donors (Lipinski definition) is 0. The molecule has 7 heteroatoms. The van der Waals surface area contributed by atoms with Crippen molar-refractivity contribution in [2.24, 2.45) is 5.92 Å². The van der Waals surface area contributed by atoms with E-state index in [0.717, 1.165) is 5.56 Å². The maximum Gasteiger partial charge on any atom is 0.406 e. The number of amides is 2. The Morgan fingerprint density at radius 1 is 1.04 bits per heavy atom. The zero-order valence-corrected chi connectivity index (χ0v) is 14.5. The van der Waals surface area contributed by atoms with Crippen LogP contribution in [0.15, 0.2) is 60.7 Å². The molecule has 1 aliphatic heterocycles. The molecule has 0 aromatic heterocycles. The van der Waals surface area contributed by atoms with Crippen molar-refractivity contribution in [1.82, 2.24) is 4.90 Å². The van der Waals surface area contributed by atoms with Gasteiger partial charge in [0.2, 0.25) is 11.8 Å². The molecule has 1 aliphatic rings. The normalized spacial score (nSPS) is 17.2. The van der Waals surface area contributed by atoms with Crippen LogP contribution in [0.4, 0.5) is 18.9 Å². The zero-order valence-electron chi connectivity index (χ0n) is 14.5. The fraction of sp³-hybridized carbons (Fsp3) is 0.300. The molecule has 0 spiro atoms. The van der Waals surface area contributed by atoms with Crippen molar-refractivity contribution >= 4 is 17.5 Å². The highest BCUT2D eigenvalue weighted by Gasteiger charge is 2.41. The SMILES string of the molecule is O=C1C[C@H](C(=O)N(Cc2ccccc2)c2ccccc2)CN1CC(F)(F)F. The van der Waals surface area contributed by atoms with Gasteiger partial charge >= 0.3 is 6.18 Å². The number of carbonyl (C=O) groups excluding carboxylic acids is 2. The van der Waals surface area contributed by atoms with E-state index in [1.807, 2.05) is 36.4 Å². The molecule has 0 aliphatic carbocycles. The first-order valence-corrected chi connectivity index (χ1v) is 8.58. The molecule has 1 atom stereocenters. The van der Waals surface area contributed by atoms with Crippen molar-refractivity contribution in [3.8, 4) is 0 Å². The van der Waals surface area contributed by atoms with Crippen molar-refractivity contribution in [1.29, 1.82) is 0 Å². The Kier molecular flexibility index (Phi) is 5.48. The van der Waals surface area contributed by atoms with E-state index < -0.39 is 24.5 Å². The summed E-state index contributed by atoms with van der Waals surface area (Å²) in [7, 11) is 0. The first kappa shape index (κ1) is 18.9. The third-order valence-electron chi connectivity index (χ3n) is 4.45. The first-order chi connectivity index (χ1) is 12.8. The second kappa shape index (κ2) is 7.82. The van der Waals surface area contributed by atoms with Gasteiger partial charge in [0.15, 0.2) is 0 Å². The highest BCUT2D eigenvalue weighted by atomic mass is 19.4. The summed E-state index contributed by atoms with van der Waals surface area (Å²) in [6.45, 7) is -1.25. The van der Waals surface area contributed by atoms with Crippen LogP contribution in [0.5, 0.6) is 0 Å². The van der Waals surface area contributed by atoms with Crippen LogP contribution in [0.2, 0.25) is 0 Å². The van der Waals surface area contributed by atoms with E-state index in [9.17, 15) is 22.8 Å². The molecule has 27 heavy (non-hydrogen) atoms. The van der Waals surface area contributed by atoms with Gasteiger partial charge in [0.1, 0.15) is 6.54 Å². The Morgan fingerprint density at radius 3 is 2.22 bits per heavy atom. The second-order valence-electron chi connectivity index (χ2n) is 6.54. The highest BCUT2D eigenvalue weighted by molar-refractivity contribution is 5.99. The molecule has 0 bridgehead atoms. The summed E-state index contributed by atoms with van der Waals surface area (Å²) in [6.07, 6.45) is -4.68. The van der Waals surface area contributed by atoms with Gasteiger partial charge in [-0.2, -0.15) is 13.2 Å². The topological polar surface area (TPSA) is 40.6 Å². The number of carbonyl (C=O) groups is 2. The van der Waals surface area contributed by atoms with E-state index in [-0.39, 0.29) is 25.4 Å². The molecule has 1 saturated heterocycles. The van der Waals surface area contributed by atoms with Crippen molar-refractivity contribution in [3.05, 3.63) is 66.2 Å². The number of likely N-dealkylation sites (tertiary alicyclic amines) is 1. The maximum atomic E-state index is 13.1. The number of alkyl halides is 3. The van der Waals surface area contributed by atoms with E-state index >= 15 is 0 Å². The fourth-order valence-electron chi connectivity index (χ4n) is 3.20. The summed E-state index contributed by atoms with van der Waals surface area (Å²) in [5.74, 6) is -1.77. The fourth-order valence-corrected chi connectivity index (χ4v) is 3.20. The molecule has 0 radical (unpaired) electrons. The number of halogens is 3. The lowest BCUT2D eigenvalue weighted by Gasteiger charge is -2.26. The molecule has 142 valence electrons. The third-order valence-corrected chi connectivity index (χ3v) is 4.45. The van der Waals surface area contributed by atoms with E-state index in [1.54, 1.807) is 24.3 Å². The van der Waals surface area contributed by atoms with E-state index in [1.165, 1.54) is 4.90 Å². The number of rotatable bonds is 5. The molecule has 2 amide bonds. The standard InChI is InChI=1S/C20H19F3N2O2/c21-20(22,23)14-24-13-16(11-18(24)26)19(27)25(17-9-5-2-6-10-17)12-15-7-3-1-4-8-15/h1-10,16H,11-14H2/t16-/m0/s1. The van der Waals surface area contributed by atoms with Gasteiger partial charge in [-0.1, -0.05) is 48.5 Å². The molecule has 3 rings (SSSR count). The Hall–Kier alpha value is -2.83. The van der Waals surface area contributed by atoms with Gasteiger partial charge in [-0.05, 0) is 17.7 Å². The van der Waals surface area contributed by atoms with Crippen LogP contribution < -0.4 is 4.90 Å². The van der Waals surface area contributed by atoms with Gasteiger partial charge in [0.25, 0.3) is 0 Å². The van der Waals surface area contributed by atoms with Crippen LogP contribution in [-0.2, 0) is 16.1 Å². The molecule has 0 N–H and O–H groups in total. The lowest BCUT2D eigenvalue weighted by atomic mass is 10.1. The van der Waals surface area contributed by atoms with E-state index in [2.05, 4.69) is 0 Å². The number of nitrogens with zero attached hydrogens (tertiary/aromatic N) is 2. The van der Waals surface area contributed by atoms with E-state index in [4.69, 9.17) is 0 Å². The van der Waals surface area contributed by atoms with Crippen LogP contribution >= 0.6 is 0 Å². The summed E-state index contributed by atoms with van der Waals surface area (Å²) in [5.41, 5.74) is 1.54. The lowest BCUT2D eigenvalue weighted by molar-refractivity contribution is -0.157. The summed E-state index contributed by atoms with van der Waals surface area (Å²) in [6, 6.07) is 18.3. The average Bonchev–Trinajstić information content (AvgIpc) is 2.99. The largest absolute Gasteiger partial charge is 0.406 e. The molecule has 4 nitrogen and oxygen atoms in total. The van der Waals surface area contributed by atoms with Gasteiger partial charge in [0, 0.05) is 18.7 Å². The summed E-state index contributed by atoms with van der Waals surface area (Å²) in [4.78, 5) is 27.3. The van der Waals surface area contributed by atoms with Crippen molar-refractivity contribution in [2.45, 2.75) is 19.1 Å². The Balaban J connectivity index is 1.80. The number of anilines is 1. The van der Waals surface area contributed by atoms with Gasteiger partial charge in [-0.15, -0.1) is 0 Å². The molecule has 2 aromatic carbocycles. The Morgan fingerprint density at radius 2 is 1.63 bits per heavy atom. The number of para-hydroxylation sites is 1. The van der Waals surface area contributed by atoms with Crippen molar-refractivity contribution < 1.29 is 22.8 Å². The van der Waals surface area contributed by atoms with E-state index in [0.29, 0.717) is 10.6 Å². The summed E-state index contributed by atoms with van der Waals surface area (Å²) in [5, 5.41) is 0.